The maximum absolute atomic E-state index is 11.0. The molecule has 0 radical (unpaired) electrons. The summed E-state index contributed by atoms with van der Waals surface area (Å²) in [5.74, 6) is 2.34. The van der Waals surface area contributed by atoms with Gasteiger partial charge in [-0.15, -0.1) is 0 Å². The summed E-state index contributed by atoms with van der Waals surface area (Å²) in [7, 11) is 1.60. The molecule has 1 saturated heterocycles. The fourth-order valence-corrected chi connectivity index (χ4v) is 5.62. The minimum atomic E-state index is -0.509. The van der Waals surface area contributed by atoms with Gasteiger partial charge in [-0.2, -0.15) is 0 Å². The SMILES string of the molecule is C=C1[C@@H]2C[C@@H]3[C@@H](c4ccc(OCC(N)=O)c(OC)c4)OCCC3(C2)[C@@H]1C. The monoisotopic (exact) mass is 357 g/mol. The van der Waals surface area contributed by atoms with Crippen molar-refractivity contribution in [1.29, 1.82) is 0 Å². The molecule has 140 valence electrons. The first-order valence-corrected chi connectivity index (χ1v) is 9.35. The number of rotatable bonds is 5. The van der Waals surface area contributed by atoms with Crippen LogP contribution in [0.3, 0.4) is 0 Å². The minimum Gasteiger partial charge on any atom is -0.493 e. The Morgan fingerprint density at radius 2 is 2.23 bits per heavy atom. The quantitative estimate of drug-likeness (QED) is 0.821. The number of amides is 1. The molecule has 3 aliphatic rings. The molecule has 2 aliphatic carbocycles. The van der Waals surface area contributed by atoms with Crippen molar-refractivity contribution in [2.24, 2.45) is 28.9 Å². The summed E-state index contributed by atoms with van der Waals surface area (Å²) < 4.78 is 17.2. The van der Waals surface area contributed by atoms with E-state index >= 15 is 0 Å². The molecule has 2 saturated carbocycles. The smallest absolute Gasteiger partial charge is 0.255 e. The Morgan fingerprint density at radius 1 is 1.42 bits per heavy atom. The lowest BCUT2D eigenvalue weighted by atomic mass is 9.62. The third-order valence-electron chi connectivity index (χ3n) is 6.96. The highest BCUT2D eigenvalue weighted by molar-refractivity contribution is 5.75. The standard InChI is InChI=1S/C21H27NO4/c1-12-13(2)21-6-7-25-20(16(21)8-15(12)10-21)14-4-5-17(18(9-14)24-3)26-11-19(22)23/h4-5,9,13,15-16,20H,1,6-8,10-11H2,2-3H3,(H2,22,23)/t13-,15-,16-,20-,21?/m1/s1. The number of carbonyl (C=O) groups is 1. The lowest BCUT2D eigenvalue weighted by molar-refractivity contribution is -0.120. The van der Waals surface area contributed by atoms with Crippen molar-refractivity contribution in [2.45, 2.75) is 32.3 Å². The van der Waals surface area contributed by atoms with Crippen molar-refractivity contribution in [3.63, 3.8) is 0 Å². The van der Waals surface area contributed by atoms with Gasteiger partial charge in [0.05, 0.1) is 13.2 Å². The van der Waals surface area contributed by atoms with Crippen LogP contribution in [0.15, 0.2) is 30.4 Å². The molecule has 5 heteroatoms. The summed E-state index contributed by atoms with van der Waals surface area (Å²) in [4.78, 5) is 11.0. The van der Waals surface area contributed by atoms with E-state index in [9.17, 15) is 4.79 Å². The van der Waals surface area contributed by atoms with Crippen LogP contribution in [0.5, 0.6) is 11.5 Å². The molecule has 5 nitrogen and oxygen atoms in total. The van der Waals surface area contributed by atoms with Crippen molar-refractivity contribution in [3.05, 3.63) is 35.9 Å². The molecule has 1 aromatic carbocycles. The van der Waals surface area contributed by atoms with Crippen LogP contribution in [0, 0.1) is 23.2 Å². The molecule has 1 amide bonds. The van der Waals surface area contributed by atoms with Gasteiger partial charge in [0.1, 0.15) is 0 Å². The van der Waals surface area contributed by atoms with E-state index in [2.05, 4.69) is 13.5 Å². The van der Waals surface area contributed by atoms with Gasteiger partial charge in [-0.3, -0.25) is 4.79 Å². The number of nitrogens with two attached hydrogens (primary N) is 1. The molecule has 1 aliphatic heterocycles. The van der Waals surface area contributed by atoms with E-state index in [1.807, 2.05) is 18.2 Å². The normalized spacial score (nSPS) is 35.2. The predicted octanol–water partition coefficient (Wildman–Crippen LogP) is 3.24. The summed E-state index contributed by atoms with van der Waals surface area (Å²) in [6.45, 7) is 7.33. The first-order valence-electron chi connectivity index (χ1n) is 9.35. The van der Waals surface area contributed by atoms with Crippen LogP contribution in [-0.2, 0) is 9.53 Å². The fraction of sp³-hybridized carbons (Fsp3) is 0.571. The number of allylic oxidation sites excluding steroid dienone is 1. The van der Waals surface area contributed by atoms with E-state index in [4.69, 9.17) is 19.9 Å². The summed E-state index contributed by atoms with van der Waals surface area (Å²) >= 11 is 0. The molecule has 2 bridgehead atoms. The Bertz CT molecular complexity index is 746. The molecule has 1 unspecified atom stereocenters. The third-order valence-corrected chi connectivity index (χ3v) is 6.96. The number of hydrogen-bond acceptors (Lipinski definition) is 4. The molecule has 2 N–H and O–H groups in total. The highest BCUT2D eigenvalue weighted by atomic mass is 16.5. The number of ether oxygens (including phenoxy) is 3. The van der Waals surface area contributed by atoms with Crippen LogP contribution in [-0.4, -0.2) is 26.2 Å². The van der Waals surface area contributed by atoms with Crippen molar-refractivity contribution < 1.29 is 19.0 Å². The van der Waals surface area contributed by atoms with E-state index in [1.165, 1.54) is 12.0 Å². The topological polar surface area (TPSA) is 70.8 Å². The summed E-state index contributed by atoms with van der Waals surface area (Å²) in [6, 6.07) is 5.84. The largest absolute Gasteiger partial charge is 0.493 e. The Hall–Kier alpha value is -2.01. The number of primary amides is 1. The maximum atomic E-state index is 11.0. The fourth-order valence-electron chi connectivity index (χ4n) is 5.62. The third kappa shape index (κ3) is 2.52. The number of fused-ring (bicyclic) bond motifs is 1. The van der Waals surface area contributed by atoms with E-state index < -0.39 is 5.91 Å². The lowest BCUT2D eigenvalue weighted by Crippen LogP contribution is -2.42. The summed E-state index contributed by atoms with van der Waals surface area (Å²) in [5.41, 5.74) is 8.05. The van der Waals surface area contributed by atoms with Crippen molar-refractivity contribution >= 4 is 5.91 Å². The molecular weight excluding hydrogens is 330 g/mol. The van der Waals surface area contributed by atoms with Crippen molar-refractivity contribution in [3.8, 4) is 11.5 Å². The van der Waals surface area contributed by atoms with E-state index in [-0.39, 0.29) is 12.7 Å². The van der Waals surface area contributed by atoms with E-state index in [0.29, 0.717) is 34.7 Å². The molecule has 5 atom stereocenters. The number of carbonyl (C=O) groups excluding carboxylic acids is 1. The van der Waals surface area contributed by atoms with Gasteiger partial charge in [-0.1, -0.05) is 25.1 Å². The van der Waals surface area contributed by atoms with Gasteiger partial charge in [-0.05, 0) is 60.1 Å². The number of methoxy groups -OCH3 is 1. The minimum absolute atomic E-state index is 0.0726. The van der Waals surface area contributed by atoms with Crippen LogP contribution >= 0.6 is 0 Å². The second-order valence-corrected chi connectivity index (χ2v) is 7.98. The van der Waals surface area contributed by atoms with Crippen molar-refractivity contribution in [1.82, 2.24) is 0 Å². The molecule has 26 heavy (non-hydrogen) atoms. The first-order chi connectivity index (χ1) is 12.5. The molecule has 1 heterocycles. The van der Waals surface area contributed by atoms with Gasteiger partial charge in [0.15, 0.2) is 18.1 Å². The highest BCUT2D eigenvalue weighted by Gasteiger charge is 2.61. The highest BCUT2D eigenvalue weighted by Crippen LogP contribution is 2.69. The lowest BCUT2D eigenvalue weighted by Gasteiger charge is -2.48. The Morgan fingerprint density at radius 3 is 2.92 bits per heavy atom. The molecule has 4 rings (SSSR count). The summed E-state index contributed by atoms with van der Waals surface area (Å²) in [5, 5.41) is 0. The molecular formula is C21H27NO4. The van der Waals surface area contributed by atoms with Gasteiger partial charge in [0, 0.05) is 6.61 Å². The second-order valence-electron chi connectivity index (χ2n) is 7.98. The maximum Gasteiger partial charge on any atom is 0.255 e. The van der Waals surface area contributed by atoms with Gasteiger partial charge >= 0.3 is 0 Å². The zero-order chi connectivity index (χ0) is 18.5. The molecule has 1 spiro atoms. The predicted molar refractivity (Wildman–Crippen MR) is 97.9 cm³/mol. The first kappa shape index (κ1) is 17.4. The molecule has 1 aromatic rings. The van der Waals surface area contributed by atoms with Crippen LogP contribution in [0.1, 0.15) is 37.9 Å². The summed E-state index contributed by atoms with van der Waals surface area (Å²) in [6.07, 6.45) is 3.62. The Balaban J connectivity index is 1.61. The van der Waals surface area contributed by atoms with Crippen LogP contribution in [0.4, 0.5) is 0 Å². The zero-order valence-corrected chi connectivity index (χ0v) is 15.5. The number of hydrogen-bond donors (Lipinski definition) is 1. The molecule has 0 aromatic heterocycles. The van der Waals surface area contributed by atoms with Gasteiger partial charge in [0.2, 0.25) is 0 Å². The van der Waals surface area contributed by atoms with E-state index in [0.717, 1.165) is 25.0 Å². The average Bonchev–Trinajstić information content (AvgIpc) is 3.14. The van der Waals surface area contributed by atoms with Crippen molar-refractivity contribution in [2.75, 3.05) is 20.3 Å². The van der Waals surface area contributed by atoms with E-state index in [1.54, 1.807) is 7.11 Å². The second kappa shape index (κ2) is 6.31. The van der Waals surface area contributed by atoms with Gasteiger partial charge in [-0.25, -0.2) is 0 Å². The Kier molecular flexibility index (Phi) is 4.22. The van der Waals surface area contributed by atoms with Crippen LogP contribution in [0.2, 0.25) is 0 Å². The average molecular weight is 357 g/mol. The zero-order valence-electron chi connectivity index (χ0n) is 15.5. The molecule has 3 fully saturated rings. The van der Waals surface area contributed by atoms with Crippen LogP contribution < -0.4 is 15.2 Å². The van der Waals surface area contributed by atoms with Crippen LogP contribution in [0.25, 0.3) is 0 Å². The Labute approximate surface area is 154 Å². The van der Waals surface area contributed by atoms with Gasteiger partial charge < -0.3 is 19.9 Å². The van der Waals surface area contributed by atoms with Gasteiger partial charge in [0.25, 0.3) is 5.91 Å². The number of benzene rings is 1.